The molecule has 0 saturated carbocycles. The van der Waals surface area contributed by atoms with Crippen molar-refractivity contribution in [3.05, 3.63) is 52.4 Å². The van der Waals surface area contributed by atoms with Gasteiger partial charge in [-0.25, -0.2) is 0 Å². The van der Waals surface area contributed by atoms with Crippen LogP contribution < -0.4 is 4.74 Å². The molecule has 0 spiro atoms. The summed E-state index contributed by atoms with van der Waals surface area (Å²) in [6.45, 7) is 0.592. The molecule has 0 aliphatic heterocycles. The van der Waals surface area contributed by atoms with Gasteiger partial charge in [0.2, 0.25) is 0 Å². The van der Waals surface area contributed by atoms with Crippen LogP contribution in [-0.4, -0.2) is 25.0 Å². The second-order valence-corrected chi connectivity index (χ2v) is 5.78. The van der Waals surface area contributed by atoms with Gasteiger partial charge < -0.3 is 14.1 Å². The fourth-order valence-corrected chi connectivity index (χ4v) is 3.02. The maximum Gasteiger partial charge on any atom is 0.254 e. The zero-order valence-electron chi connectivity index (χ0n) is 11.8. The van der Waals surface area contributed by atoms with Crippen LogP contribution in [0.15, 0.2) is 46.4 Å². The van der Waals surface area contributed by atoms with Crippen molar-refractivity contribution in [2.45, 2.75) is 6.54 Å². The zero-order chi connectivity index (χ0) is 14.8. The highest BCUT2D eigenvalue weighted by molar-refractivity contribution is 7.09. The summed E-state index contributed by atoms with van der Waals surface area (Å²) in [4.78, 5) is 15.4. The van der Waals surface area contributed by atoms with Crippen LogP contribution in [0.25, 0.3) is 11.0 Å². The van der Waals surface area contributed by atoms with E-state index in [1.807, 2.05) is 23.6 Å². The predicted molar refractivity (Wildman–Crippen MR) is 82.9 cm³/mol. The van der Waals surface area contributed by atoms with Crippen LogP contribution in [0.5, 0.6) is 5.75 Å². The van der Waals surface area contributed by atoms with Crippen molar-refractivity contribution < 1.29 is 13.9 Å². The van der Waals surface area contributed by atoms with E-state index in [2.05, 4.69) is 0 Å². The van der Waals surface area contributed by atoms with Gasteiger partial charge in [0.15, 0.2) is 0 Å². The van der Waals surface area contributed by atoms with Gasteiger partial charge in [-0.05, 0) is 29.6 Å². The molecule has 0 aliphatic rings. The molecule has 0 radical (unpaired) electrons. The smallest absolute Gasteiger partial charge is 0.254 e. The molecular formula is C16H15NO3S. The number of methoxy groups -OCH3 is 1. The fourth-order valence-electron chi connectivity index (χ4n) is 2.26. The normalized spacial score (nSPS) is 10.8. The van der Waals surface area contributed by atoms with Gasteiger partial charge in [-0.1, -0.05) is 6.07 Å². The van der Waals surface area contributed by atoms with Crippen LogP contribution in [0, 0.1) is 0 Å². The molecule has 2 aromatic heterocycles. The Morgan fingerprint density at radius 3 is 2.95 bits per heavy atom. The molecule has 108 valence electrons. The third-order valence-corrected chi connectivity index (χ3v) is 4.18. The van der Waals surface area contributed by atoms with Crippen LogP contribution in [0.3, 0.4) is 0 Å². The Kier molecular flexibility index (Phi) is 3.66. The van der Waals surface area contributed by atoms with Crippen molar-refractivity contribution in [1.29, 1.82) is 0 Å². The number of hydrogen-bond donors (Lipinski definition) is 0. The van der Waals surface area contributed by atoms with Gasteiger partial charge in [-0.3, -0.25) is 4.79 Å². The summed E-state index contributed by atoms with van der Waals surface area (Å²) in [5.41, 5.74) is 1.22. The number of amides is 1. The lowest BCUT2D eigenvalue weighted by Gasteiger charge is -2.16. The van der Waals surface area contributed by atoms with Crippen molar-refractivity contribution in [2.75, 3.05) is 14.2 Å². The molecule has 0 fully saturated rings. The van der Waals surface area contributed by atoms with Crippen molar-refractivity contribution in [3.63, 3.8) is 0 Å². The van der Waals surface area contributed by atoms with Gasteiger partial charge in [0.05, 0.1) is 25.3 Å². The SMILES string of the molecule is COc1cc(C(=O)N(C)Cc2cccs2)cc2occc12. The average molecular weight is 301 g/mol. The maximum absolute atomic E-state index is 12.5. The standard InChI is InChI=1S/C16H15NO3S/c1-17(10-12-4-3-7-21-12)16(18)11-8-14(19-2)13-5-6-20-15(13)9-11/h3-9H,10H2,1-2H3. The summed E-state index contributed by atoms with van der Waals surface area (Å²) in [6, 6.07) is 9.34. The minimum Gasteiger partial charge on any atom is -0.496 e. The maximum atomic E-state index is 12.5. The number of rotatable bonds is 4. The van der Waals surface area contributed by atoms with E-state index in [9.17, 15) is 4.79 Å². The lowest BCUT2D eigenvalue weighted by Crippen LogP contribution is -2.25. The summed E-state index contributed by atoms with van der Waals surface area (Å²) in [6.07, 6.45) is 1.59. The number of ether oxygens (including phenoxy) is 1. The quantitative estimate of drug-likeness (QED) is 0.736. The highest BCUT2D eigenvalue weighted by Gasteiger charge is 2.16. The first-order chi connectivity index (χ1) is 10.2. The molecule has 21 heavy (non-hydrogen) atoms. The minimum absolute atomic E-state index is 0.0556. The molecule has 0 aliphatic carbocycles. The number of benzene rings is 1. The predicted octanol–water partition coefficient (Wildman–Crippen LogP) is 3.78. The van der Waals surface area contributed by atoms with Gasteiger partial charge in [0.25, 0.3) is 5.91 Å². The molecule has 2 heterocycles. The van der Waals surface area contributed by atoms with Gasteiger partial charge in [-0.2, -0.15) is 0 Å². The molecular weight excluding hydrogens is 286 g/mol. The molecule has 0 N–H and O–H groups in total. The van der Waals surface area contributed by atoms with Crippen molar-refractivity contribution in [3.8, 4) is 5.75 Å². The summed E-state index contributed by atoms with van der Waals surface area (Å²) in [5.74, 6) is 0.592. The topological polar surface area (TPSA) is 42.7 Å². The van der Waals surface area contributed by atoms with Gasteiger partial charge in [-0.15, -0.1) is 11.3 Å². The van der Waals surface area contributed by atoms with E-state index >= 15 is 0 Å². The average Bonchev–Trinajstić information content (AvgIpc) is 3.15. The van der Waals surface area contributed by atoms with E-state index in [1.165, 1.54) is 0 Å². The number of carbonyl (C=O) groups is 1. The summed E-state index contributed by atoms with van der Waals surface area (Å²) in [5, 5.41) is 2.88. The fraction of sp³-hybridized carbons (Fsp3) is 0.188. The Morgan fingerprint density at radius 2 is 2.24 bits per heavy atom. The molecule has 3 aromatic rings. The van der Waals surface area contributed by atoms with E-state index < -0.39 is 0 Å². The number of carbonyl (C=O) groups excluding carboxylic acids is 1. The van der Waals surface area contributed by atoms with Crippen LogP contribution in [0.1, 0.15) is 15.2 Å². The van der Waals surface area contributed by atoms with Gasteiger partial charge in [0.1, 0.15) is 11.3 Å². The van der Waals surface area contributed by atoms with E-state index in [0.717, 1.165) is 10.3 Å². The lowest BCUT2D eigenvalue weighted by molar-refractivity contribution is 0.0786. The largest absolute Gasteiger partial charge is 0.496 e. The van der Waals surface area contributed by atoms with Gasteiger partial charge >= 0.3 is 0 Å². The monoisotopic (exact) mass is 301 g/mol. The number of fused-ring (bicyclic) bond motifs is 1. The van der Waals surface area contributed by atoms with Crippen LogP contribution >= 0.6 is 11.3 Å². The molecule has 5 heteroatoms. The van der Waals surface area contributed by atoms with E-state index in [1.54, 1.807) is 48.8 Å². The lowest BCUT2D eigenvalue weighted by atomic mass is 10.1. The first kappa shape index (κ1) is 13.7. The van der Waals surface area contributed by atoms with Crippen molar-refractivity contribution >= 4 is 28.2 Å². The molecule has 0 bridgehead atoms. The Morgan fingerprint density at radius 1 is 1.38 bits per heavy atom. The van der Waals surface area contributed by atoms with E-state index in [-0.39, 0.29) is 5.91 Å². The summed E-state index contributed by atoms with van der Waals surface area (Å²) < 4.78 is 10.7. The zero-order valence-corrected chi connectivity index (χ0v) is 12.6. The third kappa shape index (κ3) is 2.64. The molecule has 4 nitrogen and oxygen atoms in total. The number of thiophene rings is 1. The first-order valence-electron chi connectivity index (χ1n) is 6.52. The highest BCUT2D eigenvalue weighted by Crippen LogP contribution is 2.29. The van der Waals surface area contributed by atoms with Crippen LogP contribution in [-0.2, 0) is 6.54 Å². The molecule has 0 unspecified atom stereocenters. The highest BCUT2D eigenvalue weighted by atomic mass is 32.1. The molecule has 1 aromatic carbocycles. The number of hydrogen-bond acceptors (Lipinski definition) is 4. The Hall–Kier alpha value is -2.27. The summed E-state index contributed by atoms with van der Waals surface area (Å²) in [7, 11) is 3.38. The number of nitrogens with zero attached hydrogens (tertiary/aromatic N) is 1. The Balaban J connectivity index is 1.90. The van der Waals surface area contributed by atoms with Crippen LogP contribution in [0.2, 0.25) is 0 Å². The van der Waals surface area contributed by atoms with E-state index in [0.29, 0.717) is 23.4 Å². The van der Waals surface area contributed by atoms with Crippen molar-refractivity contribution in [1.82, 2.24) is 4.90 Å². The second-order valence-electron chi connectivity index (χ2n) is 4.75. The van der Waals surface area contributed by atoms with Gasteiger partial charge in [0, 0.05) is 17.5 Å². The van der Waals surface area contributed by atoms with Crippen molar-refractivity contribution in [2.24, 2.45) is 0 Å². The third-order valence-electron chi connectivity index (χ3n) is 3.32. The van der Waals surface area contributed by atoms with Crippen LogP contribution in [0.4, 0.5) is 0 Å². The van der Waals surface area contributed by atoms with E-state index in [4.69, 9.17) is 9.15 Å². The first-order valence-corrected chi connectivity index (χ1v) is 7.40. The minimum atomic E-state index is -0.0556. The Bertz CT molecular complexity index is 761. The molecule has 3 rings (SSSR count). The molecule has 0 atom stereocenters. The molecule has 0 saturated heterocycles. The summed E-state index contributed by atoms with van der Waals surface area (Å²) >= 11 is 1.64. The molecule has 1 amide bonds. The Labute approximate surface area is 126 Å². The second kappa shape index (κ2) is 5.61. The number of furan rings is 1.